The zero-order valence-electron chi connectivity index (χ0n) is 19.1. The first-order valence-electron chi connectivity index (χ1n) is 10.1. The lowest BCUT2D eigenvalue weighted by molar-refractivity contribution is -0.155. The third-order valence-electron chi connectivity index (χ3n) is 4.63. The number of aromatic nitrogens is 2. The molecule has 33 heavy (non-hydrogen) atoms. The average Bonchev–Trinajstić information content (AvgIpc) is 3.21. The number of rotatable bonds is 16. The van der Waals surface area contributed by atoms with Crippen molar-refractivity contribution in [2.24, 2.45) is 0 Å². The number of nitrogens with one attached hydrogen (secondary N) is 1. The van der Waals surface area contributed by atoms with Gasteiger partial charge in [-0.3, -0.25) is 29.4 Å². The first kappa shape index (κ1) is 27.8. The van der Waals surface area contributed by atoms with Gasteiger partial charge in [0.15, 0.2) is 0 Å². The quantitative estimate of drug-likeness (QED) is 0.132. The number of esters is 3. The van der Waals surface area contributed by atoms with Gasteiger partial charge in [-0.05, 0) is 6.07 Å². The van der Waals surface area contributed by atoms with Crippen LogP contribution in [0, 0.1) is 0 Å². The number of nitrogens with zero attached hydrogens (tertiary/aromatic N) is 4. The fourth-order valence-electron chi connectivity index (χ4n) is 2.88. The summed E-state index contributed by atoms with van der Waals surface area (Å²) < 4.78 is 15.5. The molecule has 14 nitrogen and oxygen atoms in total. The van der Waals surface area contributed by atoms with E-state index in [9.17, 15) is 19.2 Å². The summed E-state index contributed by atoms with van der Waals surface area (Å²) in [5.74, 6) is -2.78. The third kappa shape index (κ3) is 10.8. The van der Waals surface area contributed by atoms with Crippen LogP contribution in [0.2, 0.25) is 0 Å². The van der Waals surface area contributed by atoms with E-state index in [1.54, 1.807) is 16.9 Å². The van der Waals surface area contributed by atoms with E-state index in [0.29, 0.717) is 32.0 Å². The highest BCUT2D eigenvalue weighted by Gasteiger charge is 2.28. The first-order chi connectivity index (χ1) is 15.7. The highest BCUT2D eigenvalue weighted by Crippen LogP contribution is 2.00. The van der Waals surface area contributed by atoms with E-state index in [1.165, 1.54) is 26.2 Å². The maximum Gasteiger partial charge on any atom is 0.334 e. The molecule has 4 N–H and O–H groups in total. The minimum Gasteiger partial charge on any atom is -0.480 e. The van der Waals surface area contributed by atoms with Crippen LogP contribution < -0.4 is 11.1 Å². The van der Waals surface area contributed by atoms with E-state index in [0.717, 1.165) is 0 Å². The van der Waals surface area contributed by atoms with Crippen LogP contribution in [0.5, 0.6) is 0 Å². The van der Waals surface area contributed by atoms with Crippen molar-refractivity contribution in [1.29, 1.82) is 0 Å². The van der Waals surface area contributed by atoms with Crippen LogP contribution in [0.1, 0.15) is 0 Å². The molecule has 0 saturated heterocycles. The number of methoxy groups -OCH3 is 3. The Morgan fingerprint density at radius 2 is 1.67 bits per heavy atom. The lowest BCUT2D eigenvalue weighted by atomic mass is 10.3. The Morgan fingerprint density at radius 1 is 1.03 bits per heavy atom. The van der Waals surface area contributed by atoms with Gasteiger partial charge in [0.1, 0.15) is 5.82 Å². The zero-order chi connectivity index (χ0) is 24.8. The molecule has 0 aromatic carbocycles. The van der Waals surface area contributed by atoms with E-state index in [4.69, 9.17) is 10.8 Å². The molecule has 186 valence electrons. The van der Waals surface area contributed by atoms with E-state index in [1.807, 2.05) is 4.90 Å². The second-order valence-corrected chi connectivity index (χ2v) is 6.96. The smallest absolute Gasteiger partial charge is 0.334 e. The summed E-state index contributed by atoms with van der Waals surface area (Å²) in [5.41, 5.74) is 5.64. The highest BCUT2D eigenvalue weighted by molar-refractivity contribution is 5.99. The Bertz CT molecular complexity index is 770. The highest BCUT2D eigenvalue weighted by atomic mass is 16.5. The standard InChI is InChI=1S/C19H32N6O8/c1-31-16(28)13-24(12-15(26)27)9-8-23(10-11-25-6-4-14(20)22-25)7-5-21-17(18(29)32-2)19(30)33-3/h4,6,17,21H,5,7-13H2,1-3H3,(H2,20,22)(H,26,27). The van der Waals surface area contributed by atoms with Crippen molar-refractivity contribution in [3.8, 4) is 0 Å². The van der Waals surface area contributed by atoms with Crippen molar-refractivity contribution in [1.82, 2.24) is 24.9 Å². The van der Waals surface area contributed by atoms with Crippen molar-refractivity contribution in [2.45, 2.75) is 12.6 Å². The lowest BCUT2D eigenvalue weighted by Crippen LogP contribution is -2.48. The van der Waals surface area contributed by atoms with Crippen molar-refractivity contribution in [2.75, 3.05) is 72.9 Å². The molecule has 0 aliphatic carbocycles. The van der Waals surface area contributed by atoms with Gasteiger partial charge in [0.2, 0.25) is 6.04 Å². The molecule has 0 bridgehead atoms. The third-order valence-corrected chi connectivity index (χ3v) is 4.63. The van der Waals surface area contributed by atoms with Gasteiger partial charge in [-0.2, -0.15) is 5.10 Å². The SMILES string of the molecule is COC(=O)CN(CCN(CCNC(C(=O)OC)C(=O)OC)CCn1ccc(N)n1)CC(=O)O. The number of carboxylic acid groups (broad SMARTS) is 1. The molecule has 0 radical (unpaired) electrons. The van der Waals surface area contributed by atoms with Crippen LogP contribution in [-0.4, -0.2) is 122 Å². The fourth-order valence-corrected chi connectivity index (χ4v) is 2.88. The van der Waals surface area contributed by atoms with Crippen LogP contribution in [0.4, 0.5) is 5.82 Å². The summed E-state index contributed by atoms with van der Waals surface area (Å²) in [7, 11) is 3.56. The molecule has 0 unspecified atom stereocenters. The first-order valence-corrected chi connectivity index (χ1v) is 10.1. The molecule has 14 heteroatoms. The molecule has 0 saturated carbocycles. The molecule has 0 atom stereocenters. The van der Waals surface area contributed by atoms with Gasteiger partial charge in [-0.15, -0.1) is 0 Å². The van der Waals surface area contributed by atoms with E-state index in [2.05, 4.69) is 24.6 Å². The minimum atomic E-state index is -1.27. The molecule has 1 heterocycles. The zero-order valence-corrected chi connectivity index (χ0v) is 19.1. The molecule has 1 rings (SSSR count). The molecule has 0 spiro atoms. The van der Waals surface area contributed by atoms with Crippen LogP contribution in [-0.2, 0) is 39.9 Å². The molecule has 0 aliphatic rings. The maximum absolute atomic E-state index is 11.8. The number of carboxylic acids is 1. The molecule has 0 fully saturated rings. The van der Waals surface area contributed by atoms with Gasteiger partial charge in [0.25, 0.3) is 0 Å². The fraction of sp³-hybridized carbons (Fsp3) is 0.632. The number of anilines is 1. The van der Waals surface area contributed by atoms with Gasteiger partial charge in [0.05, 0.1) is 41.0 Å². The number of nitrogens with two attached hydrogens (primary N) is 1. The van der Waals surface area contributed by atoms with Gasteiger partial charge in [-0.25, -0.2) is 9.59 Å². The average molecular weight is 472 g/mol. The topological polar surface area (TPSA) is 179 Å². The molecule has 0 aliphatic heterocycles. The Labute approximate surface area is 191 Å². The van der Waals surface area contributed by atoms with Crippen LogP contribution in [0.25, 0.3) is 0 Å². The summed E-state index contributed by atoms with van der Waals surface area (Å²) in [6.45, 7) is 1.77. The number of carbonyl (C=O) groups is 4. The summed E-state index contributed by atoms with van der Waals surface area (Å²) in [6.07, 6.45) is 1.73. The monoisotopic (exact) mass is 472 g/mol. The summed E-state index contributed by atoms with van der Waals surface area (Å²) in [5, 5.41) is 16.0. The second-order valence-electron chi connectivity index (χ2n) is 6.96. The molecule has 1 aromatic rings. The van der Waals surface area contributed by atoms with Crippen LogP contribution in [0.15, 0.2) is 12.3 Å². The van der Waals surface area contributed by atoms with Crippen molar-refractivity contribution >= 4 is 29.7 Å². The molecular formula is C19H32N6O8. The second kappa shape index (κ2) is 14.8. The Balaban J connectivity index is 2.77. The Kier molecular flexibility index (Phi) is 12.4. The predicted octanol–water partition coefficient (Wildman–Crippen LogP) is -2.37. The minimum absolute atomic E-state index is 0.169. The number of carbonyl (C=O) groups excluding carboxylic acids is 3. The van der Waals surface area contributed by atoms with Crippen molar-refractivity contribution < 1.29 is 38.5 Å². The number of hydrogen-bond donors (Lipinski definition) is 3. The Morgan fingerprint density at radius 3 is 2.18 bits per heavy atom. The lowest BCUT2D eigenvalue weighted by Gasteiger charge is -2.27. The van der Waals surface area contributed by atoms with Gasteiger partial charge in [-0.1, -0.05) is 0 Å². The van der Waals surface area contributed by atoms with Gasteiger partial charge in [0, 0.05) is 38.9 Å². The summed E-state index contributed by atoms with van der Waals surface area (Å²) >= 11 is 0. The van der Waals surface area contributed by atoms with Crippen molar-refractivity contribution in [3.63, 3.8) is 0 Å². The summed E-state index contributed by atoms with van der Waals surface area (Å²) in [6, 6.07) is 0.393. The van der Waals surface area contributed by atoms with E-state index in [-0.39, 0.29) is 26.2 Å². The van der Waals surface area contributed by atoms with Gasteiger partial charge >= 0.3 is 23.9 Å². The number of nitrogen functional groups attached to an aromatic ring is 1. The summed E-state index contributed by atoms with van der Waals surface area (Å²) in [4.78, 5) is 49.8. The number of ether oxygens (including phenoxy) is 3. The number of hydrogen-bond acceptors (Lipinski definition) is 12. The number of aliphatic carboxylic acids is 1. The van der Waals surface area contributed by atoms with Crippen LogP contribution >= 0.6 is 0 Å². The largest absolute Gasteiger partial charge is 0.480 e. The predicted molar refractivity (Wildman–Crippen MR) is 115 cm³/mol. The maximum atomic E-state index is 11.8. The van der Waals surface area contributed by atoms with Crippen molar-refractivity contribution in [3.05, 3.63) is 12.3 Å². The van der Waals surface area contributed by atoms with E-state index < -0.39 is 29.9 Å². The molecule has 1 aromatic heterocycles. The van der Waals surface area contributed by atoms with Gasteiger partial charge < -0.3 is 25.1 Å². The normalized spacial score (nSPS) is 11.1. The van der Waals surface area contributed by atoms with E-state index >= 15 is 0 Å². The molecule has 0 amide bonds. The van der Waals surface area contributed by atoms with Crippen LogP contribution in [0.3, 0.4) is 0 Å². The molecular weight excluding hydrogens is 440 g/mol. The Hall–Kier alpha value is -3.23.